The Labute approximate surface area is 92.2 Å². The van der Waals surface area contributed by atoms with Crippen LogP contribution >= 0.6 is 0 Å². The third-order valence-corrected chi connectivity index (χ3v) is 3.28. The highest BCUT2D eigenvalue weighted by atomic mass is 19.3. The van der Waals surface area contributed by atoms with Gasteiger partial charge in [0.05, 0.1) is 6.61 Å². The van der Waals surface area contributed by atoms with Crippen LogP contribution in [0.5, 0.6) is 0 Å². The normalized spacial score (nSPS) is 16.0. The molecule has 1 unspecified atom stereocenters. The van der Waals surface area contributed by atoms with E-state index in [-0.39, 0.29) is 12.0 Å². The van der Waals surface area contributed by atoms with Crippen LogP contribution < -0.4 is 0 Å². The Bertz CT molecular complexity index is 160. The van der Waals surface area contributed by atoms with Gasteiger partial charge in [0.1, 0.15) is 0 Å². The number of halogens is 2. The van der Waals surface area contributed by atoms with Crippen LogP contribution in [0.3, 0.4) is 0 Å². The van der Waals surface area contributed by atoms with Crippen LogP contribution in [0.25, 0.3) is 0 Å². The highest BCUT2D eigenvalue weighted by Crippen LogP contribution is 2.33. The van der Waals surface area contributed by atoms with Crippen molar-refractivity contribution < 1.29 is 13.5 Å². The van der Waals surface area contributed by atoms with Gasteiger partial charge in [0.2, 0.25) is 0 Å². The fourth-order valence-corrected chi connectivity index (χ4v) is 1.56. The number of hydrogen-bond donors (Lipinski definition) is 0. The van der Waals surface area contributed by atoms with Crippen LogP contribution in [0.4, 0.5) is 8.78 Å². The summed E-state index contributed by atoms with van der Waals surface area (Å²) >= 11 is 0. The lowest BCUT2D eigenvalue weighted by molar-refractivity contribution is -0.156. The summed E-state index contributed by atoms with van der Waals surface area (Å²) in [6, 6.07) is 0. The lowest BCUT2D eigenvalue weighted by atomic mass is 9.76. The number of hydrogen-bond acceptors (Lipinski definition) is 1. The van der Waals surface area contributed by atoms with Gasteiger partial charge in [-0.15, -0.1) is 0 Å². The Morgan fingerprint density at radius 3 is 2.20 bits per heavy atom. The first-order chi connectivity index (χ1) is 6.92. The van der Waals surface area contributed by atoms with Crippen LogP contribution in [-0.4, -0.2) is 13.2 Å². The van der Waals surface area contributed by atoms with Crippen LogP contribution in [0.2, 0.25) is 0 Å². The predicted molar refractivity (Wildman–Crippen MR) is 59.0 cm³/mol. The summed E-state index contributed by atoms with van der Waals surface area (Å²) in [5, 5.41) is 0. The van der Waals surface area contributed by atoms with Crippen LogP contribution in [0, 0.1) is 11.3 Å². The molecule has 0 aromatic carbocycles. The minimum atomic E-state index is -2.64. The van der Waals surface area contributed by atoms with Crippen molar-refractivity contribution in [1.82, 2.24) is 0 Å². The highest BCUT2D eigenvalue weighted by molar-refractivity contribution is 4.77. The molecule has 0 fully saturated rings. The number of rotatable bonds is 8. The SMILES string of the molecule is CCCCCC(C)(COC(F)F)C(C)C. The first-order valence-corrected chi connectivity index (χ1v) is 5.82. The maximum atomic E-state index is 12.0. The molecule has 0 aromatic rings. The van der Waals surface area contributed by atoms with Crippen LogP contribution in [0.15, 0.2) is 0 Å². The van der Waals surface area contributed by atoms with E-state index in [4.69, 9.17) is 0 Å². The molecule has 0 saturated heterocycles. The monoisotopic (exact) mass is 222 g/mol. The zero-order valence-electron chi connectivity index (χ0n) is 10.4. The van der Waals surface area contributed by atoms with Gasteiger partial charge in [-0.25, -0.2) is 0 Å². The van der Waals surface area contributed by atoms with E-state index in [1.807, 2.05) is 6.92 Å². The third kappa shape index (κ3) is 6.08. The van der Waals surface area contributed by atoms with Crippen LogP contribution in [-0.2, 0) is 4.74 Å². The van der Waals surface area contributed by atoms with Crippen molar-refractivity contribution in [2.45, 2.75) is 60.0 Å². The largest absolute Gasteiger partial charge is 0.345 e. The van der Waals surface area contributed by atoms with E-state index < -0.39 is 6.61 Å². The summed E-state index contributed by atoms with van der Waals surface area (Å²) < 4.78 is 28.5. The number of ether oxygens (including phenoxy) is 1. The van der Waals surface area contributed by atoms with Crippen LogP contribution in [0.1, 0.15) is 53.4 Å². The molecule has 0 bridgehead atoms. The van der Waals surface area contributed by atoms with Gasteiger partial charge in [-0.2, -0.15) is 8.78 Å². The Morgan fingerprint density at radius 1 is 1.20 bits per heavy atom. The zero-order chi connectivity index (χ0) is 11.9. The molecule has 0 heterocycles. The molecule has 0 amide bonds. The Balaban J connectivity index is 4.07. The molecule has 3 heteroatoms. The van der Waals surface area contributed by atoms with E-state index >= 15 is 0 Å². The van der Waals surface area contributed by atoms with E-state index in [0.29, 0.717) is 5.92 Å². The molecule has 0 aliphatic heterocycles. The van der Waals surface area contributed by atoms with Crippen molar-refractivity contribution in [2.75, 3.05) is 6.61 Å². The third-order valence-electron chi connectivity index (χ3n) is 3.28. The molecule has 0 aliphatic carbocycles. The number of unbranched alkanes of at least 4 members (excludes halogenated alkanes) is 2. The van der Waals surface area contributed by atoms with Gasteiger partial charge in [-0.1, -0.05) is 47.0 Å². The van der Waals surface area contributed by atoms with Gasteiger partial charge in [0, 0.05) is 0 Å². The van der Waals surface area contributed by atoms with Crippen molar-refractivity contribution in [1.29, 1.82) is 0 Å². The van der Waals surface area contributed by atoms with Gasteiger partial charge in [0.25, 0.3) is 0 Å². The lowest BCUT2D eigenvalue weighted by Crippen LogP contribution is -2.30. The first kappa shape index (κ1) is 14.8. The summed E-state index contributed by atoms with van der Waals surface area (Å²) in [4.78, 5) is 0. The molecule has 0 aliphatic rings. The van der Waals surface area contributed by atoms with Gasteiger partial charge in [0.15, 0.2) is 0 Å². The molecule has 0 radical (unpaired) electrons. The molecule has 0 spiro atoms. The Morgan fingerprint density at radius 2 is 1.80 bits per heavy atom. The molecular formula is C12H24F2O. The Kier molecular flexibility index (Phi) is 7.07. The molecule has 0 rings (SSSR count). The van der Waals surface area contributed by atoms with Gasteiger partial charge in [-0.3, -0.25) is 0 Å². The molecule has 0 N–H and O–H groups in total. The summed E-state index contributed by atoms with van der Waals surface area (Å²) in [5.41, 5.74) is -0.119. The van der Waals surface area contributed by atoms with Gasteiger partial charge >= 0.3 is 6.61 Å². The molecule has 15 heavy (non-hydrogen) atoms. The van der Waals surface area contributed by atoms with E-state index in [0.717, 1.165) is 25.7 Å². The fraction of sp³-hybridized carbons (Fsp3) is 1.00. The minimum absolute atomic E-state index is 0.119. The molecule has 1 atom stereocenters. The number of alkyl halides is 2. The summed E-state index contributed by atoms with van der Waals surface area (Å²) in [5.74, 6) is 0.369. The lowest BCUT2D eigenvalue weighted by Gasteiger charge is -2.33. The smallest absolute Gasteiger partial charge is 0.322 e. The minimum Gasteiger partial charge on any atom is -0.322 e. The molecule has 92 valence electrons. The van der Waals surface area contributed by atoms with E-state index in [2.05, 4.69) is 25.5 Å². The second kappa shape index (κ2) is 7.15. The summed E-state index contributed by atoms with van der Waals surface area (Å²) in [6.07, 6.45) is 4.38. The topological polar surface area (TPSA) is 9.23 Å². The molecule has 0 aromatic heterocycles. The van der Waals surface area contributed by atoms with Crippen molar-refractivity contribution in [2.24, 2.45) is 11.3 Å². The molecule has 1 nitrogen and oxygen atoms in total. The summed E-state index contributed by atoms with van der Waals surface area (Å²) in [6.45, 7) is 5.83. The average Bonchev–Trinajstić information content (AvgIpc) is 2.15. The Hall–Kier alpha value is -0.180. The van der Waals surface area contributed by atoms with Gasteiger partial charge in [-0.05, 0) is 17.8 Å². The van der Waals surface area contributed by atoms with Crippen molar-refractivity contribution in [3.8, 4) is 0 Å². The maximum absolute atomic E-state index is 12.0. The fourth-order valence-electron chi connectivity index (χ4n) is 1.56. The van der Waals surface area contributed by atoms with E-state index in [1.165, 1.54) is 0 Å². The van der Waals surface area contributed by atoms with Crippen molar-refractivity contribution in [3.63, 3.8) is 0 Å². The average molecular weight is 222 g/mol. The quantitative estimate of drug-likeness (QED) is 0.551. The predicted octanol–water partition coefficient (Wildman–Crippen LogP) is 4.47. The first-order valence-electron chi connectivity index (χ1n) is 5.82. The van der Waals surface area contributed by atoms with Crippen molar-refractivity contribution >= 4 is 0 Å². The van der Waals surface area contributed by atoms with Crippen molar-refractivity contribution in [3.05, 3.63) is 0 Å². The summed E-state index contributed by atoms with van der Waals surface area (Å²) in [7, 11) is 0. The van der Waals surface area contributed by atoms with E-state index in [9.17, 15) is 8.78 Å². The molecule has 0 saturated carbocycles. The van der Waals surface area contributed by atoms with E-state index in [1.54, 1.807) is 0 Å². The second-order valence-corrected chi connectivity index (χ2v) is 4.84. The molecular weight excluding hydrogens is 198 g/mol. The zero-order valence-corrected chi connectivity index (χ0v) is 10.4. The van der Waals surface area contributed by atoms with Gasteiger partial charge < -0.3 is 4.74 Å². The highest BCUT2D eigenvalue weighted by Gasteiger charge is 2.29. The second-order valence-electron chi connectivity index (χ2n) is 4.84. The maximum Gasteiger partial charge on any atom is 0.345 e. The standard InChI is InChI=1S/C12H24F2O/c1-5-6-7-8-12(4,10(2)3)9-15-11(13)14/h10-11H,5-9H2,1-4H3.